The Morgan fingerprint density at radius 1 is 1.03 bits per heavy atom. The number of nitrogens with one attached hydrogen (secondary N) is 2. The van der Waals surface area contributed by atoms with E-state index in [-0.39, 0.29) is 24.9 Å². The molecule has 1 aliphatic rings. The summed E-state index contributed by atoms with van der Waals surface area (Å²) < 4.78 is 83.1. The highest BCUT2D eigenvalue weighted by Gasteiger charge is 2.37. The summed E-state index contributed by atoms with van der Waals surface area (Å²) in [5.41, 5.74) is -3.22. The number of hydrogen-bond donors (Lipinski definition) is 2. The van der Waals surface area contributed by atoms with Crippen molar-refractivity contribution in [3.05, 3.63) is 53.6 Å². The van der Waals surface area contributed by atoms with Gasteiger partial charge in [0.1, 0.15) is 5.75 Å². The number of halogens is 6. The molecule has 1 saturated heterocycles. The van der Waals surface area contributed by atoms with Crippen LogP contribution < -0.4 is 20.3 Å². The summed E-state index contributed by atoms with van der Waals surface area (Å²) in [5.74, 6) is 0.309. The molecule has 0 saturated carbocycles. The zero-order valence-corrected chi connectivity index (χ0v) is 17.2. The van der Waals surface area contributed by atoms with Crippen LogP contribution in [0.3, 0.4) is 0 Å². The number of benzene rings is 2. The van der Waals surface area contributed by atoms with Gasteiger partial charge in [-0.1, -0.05) is 0 Å². The number of hydrogen-bond acceptors (Lipinski definition) is 3. The van der Waals surface area contributed by atoms with Gasteiger partial charge in [0.15, 0.2) is 0 Å². The molecule has 0 bridgehead atoms. The van der Waals surface area contributed by atoms with Gasteiger partial charge in [-0.05, 0) is 49.4 Å². The van der Waals surface area contributed by atoms with E-state index in [4.69, 9.17) is 4.74 Å². The normalized spacial score (nSPS) is 16.6. The Morgan fingerprint density at radius 2 is 1.61 bits per heavy atom. The Balaban J connectivity index is 1.68. The van der Waals surface area contributed by atoms with Crippen LogP contribution in [0.4, 0.5) is 42.5 Å². The molecule has 3 rings (SSSR count). The molecular weight excluding hydrogens is 456 g/mol. The van der Waals surface area contributed by atoms with Gasteiger partial charge in [0.2, 0.25) is 5.91 Å². The summed E-state index contributed by atoms with van der Waals surface area (Å²) in [6.45, 7) is 2.37. The van der Waals surface area contributed by atoms with E-state index in [0.29, 0.717) is 30.2 Å². The molecule has 0 spiro atoms. The second-order valence-corrected chi connectivity index (χ2v) is 7.23. The molecule has 178 valence electrons. The quantitative estimate of drug-likeness (QED) is 0.595. The van der Waals surface area contributed by atoms with Crippen molar-refractivity contribution >= 4 is 23.3 Å². The zero-order valence-electron chi connectivity index (χ0n) is 17.2. The lowest BCUT2D eigenvalue weighted by Crippen LogP contribution is -2.39. The maximum absolute atomic E-state index is 13.0. The SMILES string of the molecule is CCOc1ccc(N2CC(NC(=O)Nc3cc(C(F)(F)F)cc(C(F)(F)F)c3)CC2=O)cc1. The van der Waals surface area contributed by atoms with Crippen LogP contribution >= 0.6 is 0 Å². The van der Waals surface area contributed by atoms with Gasteiger partial charge in [0.25, 0.3) is 0 Å². The van der Waals surface area contributed by atoms with E-state index in [1.807, 2.05) is 12.2 Å². The number of nitrogens with zero attached hydrogens (tertiary/aromatic N) is 1. The summed E-state index contributed by atoms with van der Waals surface area (Å²) in [6.07, 6.45) is -10.2. The molecule has 1 fully saturated rings. The van der Waals surface area contributed by atoms with Crippen LogP contribution in [-0.4, -0.2) is 31.1 Å². The van der Waals surface area contributed by atoms with E-state index in [9.17, 15) is 35.9 Å². The zero-order chi connectivity index (χ0) is 24.4. The fourth-order valence-electron chi connectivity index (χ4n) is 3.32. The lowest BCUT2D eigenvalue weighted by Gasteiger charge is -2.18. The van der Waals surface area contributed by atoms with Crippen molar-refractivity contribution in [2.75, 3.05) is 23.4 Å². The molecule has 6 nitrogen and oxygen atoms in total. The predicted molar refractivity (Wildman–Crippen MR) is 107 cm³/mol. The number of alkyl halides is 6. The largest absolute Gasteiger partial charge is 0.494 e. The monoisotopic (exact) mass is 475 g/mol. The number of urea groups is 1. The Morgan fingerprint density at radius 3 is 2.12 bits per heavy atom. The van der Waals surface area contributed by atoms with Crippen molar-refractivity contribution < 1.29 is 40.7 Å². The highest BCUT2D eigenvalue weighted by atomic mass is 19.4. The van der Waals surface area contributed by atoms with Crippen molar-refractivity contribution in [3.63, 3.8) is 0 Å². The molecule has 0 aliphatic carbocycles. The van der Waals surface area contributed by atoms with Crippen LogP contribution in [0.1, 0.15) is 24.5 Å². The second-order valence-electron chi connectivity index (χ2n) is 7.23. The average molecular weight is 475 g/mol. The minimum atomic E-state index is -5.04. The van der Waals surface area contributed by atoms with E-state index in [1.54, 1.807) is 24.3 Å². The van der Waals surface area contributed by atoms with Crippen LogP contribution in [0, 0.1) is 0 Å². The molecule has 1 heterocycles. The van der Waals surface area contributed by atoms with Gasteiger partial charge in [0, 0.05) is 24.3 Å². The molecule has 2 aromatic rings. The summed E-state index contributed by atoms with van der Waals surface area (Å²) in [7, 11) is 0. The van der Waals surface area contributed by atoms with Crippen molar-refractivity contribution in [3.8, 4) is 5.75 Å². The molecule has 0 aromatic heterocycles. The molecule has 12 heteroatoms. The second kappa shape index (κ2) is 9.20. The van der Waals surface area contributed by atoms with E-state index >= 15 is 0 Å². The van der Waals surface area contributed by atoms with Gasteiger partial charge >= 0.3 is 18.4 Å². The molecule has 1 aliphatic heterocycles. The molecule has 33 heavy (non-hydrogen) atoms. The fraction of sp³-hybridized carbons (Fsp3) is 0.333. The van der Waals surface area contributed by atoms with Crippen molar-refractivity contribution in [1.29, 1.82) is 0 Å². The first-order chi connectivity index (χ1) is 15.4. The third kappa shape index (κ3) is 6.08. The van der Waals surface area contributed by atoms with Gasteiger partial charge in [-0.15, -0.1) is 0 Å². The minimum Gasteiger partial charge on any atom is -0.494 e. The highest BCUT2D eigenvalue weighted by molar-refractivity contribution is 5.97. The van der Waals surface area contributed by atoms with Gasteiger partial charge in [-0.25, -0.2) is 4.79 Å². The van der Waals surface area contributed by atoms with Crippen molar-refractivity contribution in [2.24, 2.45) is 0 Å². The van der Waals surface area contributed by atoms with E-state index in [2.05, 4.69) is 5.32 Å². The first-order valence-corrected chi connectivity index (χ1v) is 9.77. The average Bonchev–Trinajstić information content (AvgIpc) is 3.07. The lowest BCUT2D eigenvalue weighted by molar-refractivity contribution is -0.143. The summed E-state index contributed by atoms with van der Waals surface area (Å²) in [4.78, 5) is 26.0. The number of amides is 3. The van der Waals surface area contributed by atoms with Gasteiger partial charge in [-0.3, -0.25) is 4.79 Å². The highest BCUT2D eigenvalue weighted by Crippen LogP contribution is 2.37. The minimum absolute atomic E-state index is 0.0343. The van der Waals surface area contributed by atoms with Crippen LogP contribution in [0.15, 0.2) is 42.5 Å². The maximum Gasteiger partial charge on any atom is 0.416 e. The fourth-order valence-corrected chi connectivity index (χ4v) is 3.32. The Labute approximate surface area is 184 Å². The molecule has 3 amide bonds. The van der Waals surface area contributed by atoms with Gasteiger partial charge < -0.3 is 20.3 Å². The van der Waals surface area contributed by atoms with E-state index in [1.165, 1.54) is 4.90 Å². The molecule has 0 radical (unpaired) electrons. The smallest absolute Gasteiger partial charge is 0.416 e. The number of rotatable bonds is 5. The predicted octanol–water partition coefficient (Wildman–Crippen LogP) is 5.05. The summed E-state index contributed by atoms with van der Waals surface area (Å²) >= 11 is 0. The Bertz CT molecular complexity index is 989. The standard InChI is InChI=1S/C21H19F6N3O3/c1-2-33-17-5-3-16(4-6-17)30-11-15(10-18(30)31)29-19(32)28-14-8-12(20(22,23)24)7-13(9-14)21(25,26)27/h3-9,15H,2,10-11H2,1H3,(H2,28,29,32). The lowest BCUT2D eigenvalue weighted by atomic mass is 10.1. The van der Waals surface area contributed by atoms with Gasteiger partial charge in [-0.2, -0.15) is 26.3 Å². The van der Waals surface area contributed by atoms with Crippen molar-refractivity contribution in [1.82, 2.24) is 5.32 Å². The first-order valence-electron chi connectivity index (χ1n) is 9.77. The van der Waals surface area contributed by atoms with Crippen LogP contribution in [0.25, 0.3) is 0 Å². The van der Waals surface area contributed by atoms with E-state index in [0.717, 1.165) is 0 Å². The van der Waals surface area contributed by atoms with E-state index < -0.39 is 41.2 Å². The van der Waals surface area contributed by atoms with Crippen LogP contribution in [-0.2, 0) is 17.1 Å². The number of ether oxygens (including phenoxy) is 1. The molecule has 2 aromatic carbocycles. The Kier molecular flexibility index (Phi) is 6.75. The first kappa shape index (κ1) is 24.2. The van der Waals surface area contributed by atoms with Crippen LogP contribution in [0.2, 0.25) is 0 Å². The Hall–Kier alpha value is -3.44. The van der Waals surface area contributed by atoms with Crippen LogP contribution in [0.5, 0.6) is 5.75 Å². The third-order valence-corrected chi connectivity index (χ3v) is 4.77. The van der Waals surface area contributed by atoms with Gasteiger partial charge in [0.05, 0.1) is 23.8 Å². The summed E-state index contributed by atoms with van der Waals surface area (Å²) in [6, 6.07) is 5.71. The van der Waals surface area contributed by atoms with Crippen molar-refractivity contribution in [2.45, 2.75) is 31.7 Å². The molecular formula is C21H19F6N3O3. The number of carbonyl (C=O) groups is 2. The topological polar surface area (TPSA) is 70.7 Å². The molecule has 1 unspecified atom stereocenters. The third-order valence-electron chi connectivity index (χ3n) is 4.77. The number of anilines is 2. The summed E-state index contributed by atoms with van der Waals surface area (Å²) in [5, 5.41) is 4.39. The molecule has 1 atom stereocenters. The molecule has 2 N–H and O–H groups in total. The maximum atomic E-state index is 13.0. The number of carbonyl (C=O) groups excluding carboxylic acids is 2.